The molecule has 2 aliphatic rings. The maximum absolute atomic E-state index is 12.0. The van der Waals surface area contributed by atoms with E-state index in [1.165, 1.54) is 16.2 Å². The van der Waals surface area contributed by atoms with E-state index in [0.29, 0.717) is 25.3 Å². The number of nitrogens with one attached hydrogen (secondary N) is 1. The number of fused-ring (bicyclic) bond motifs is 1. The largest absolute Gasteiger partial charge is 0.384 e. The fourth-order valence-corrected chi connectivity index (χ4v) is 3.11. The Morgan fingerprint density at radius 2 is 1.80 bits per heavy atom. The van der Waals surface area contributed by atoms with E-state index in [9.17, 15) is 9.59 Å². The zero-order valence-electron chi connectivity index (χ0n) is 11.6. The van der Waals surface area contributed by atoms with Gasteiger partial charge < -0.3 is 5.32 Å². The molecule has 1 unspecified atom stereocenters. The van der Waals surface area contributed by atoms with E-state index in [1.54, 1.807) is 0 Å². The normalized spacial score (nSPS) is 22.4. The predicted molar refractivity (Wildman–Crippen MR) is 77.5 cm³/mol. The predicted octanol–water partition coefficient (Wildman–Crippen LogP) is 2.52. The fourth-order valence-electron chi connectivity index (χ4n) is 3.11. The number of anilines is 1. The summed E-state index contributed by atoms with van der Waals surface area (Å²) in [5, 5.41) is 3.38. The van der Waals surface area contributed by atoms with Gasteiger partial charge in [-0.1, -0.05) is 18.2 Å². The van der Waals surface area contributed by atoms with Gasteiger partial charge in [-0.25, -0.2) is 0 Å². The Labute approximate surface area is 119 Å². The van der Waals surface area contributed by atoms with Crippen LogP contribution in [0.3, 0.4) is 0 Å². The second kappa shape index (κ2) is 5.65. The van der Waals surface area contributed by atoms with Gasteiger partial charge in [0, 0.05) is 37.5 Å². The van der Waals surface area contributed by atoms with Gasteiger partial charge in [0.15, 0.2) is 0 Å². The molecular weight excluding hydrogens is 252 g/mol. The smallest absolute Gasteiger partial charge is 0.229 e. The second-order valence-corrected chi connectivity index (χ2v) is 5.60. The molecule has 0 spiro atoms. The molecule has 1 fully saturated rings. The maximum Gasteiger partial charge on any atom is 0.229 e. The third-order valence-electron chi connectivity index (χ3n) is 4.27. The number of carbonyl (C=O) groups is 2. The molecule has 0 bridgehead atoms. The molecule has 2 amide bonds. The van der Waals surface area contributed by atoms with Crippen molar-refractivity contribution in [2.45, 2.75) is 38.0 Å². The van der Waals surface area contributed by atoms with Crippen LogP contribution in [0.5, 0.6) is 0 Å². The van der Waals surface area contributed by atoms with Crippen molar-refractivity contribution in [3.05, 3.63) is 29.8 Å². The first-order chi connectivity index (χ1) is 9.75. The van der Waals surface area contributed by atoms with Gasteiger partial charge in [-0.05, 0) is 30.9 Å². The summed E-state index contributed by atoms with van der Waals surface area (Å²) in [6.45, 7) is 1.45. The molecule has 4 nitrogen and oxygen atoms in total. The van der Waals surface area contributed by atoms with Gasteiger partial charge >= 0.3 is 0 Å². The van der Waals surface area contributed by atoms with Crippen LogP contribution in [-0.2, 0) is 9.59 Å². The molecule has 2 heterocycles. The van der Waals surface area contributed by atoms with Crippen LogP contribution >= 0.6 is 0 Å². The summed E-state index contributed by atoms with van der Waals surface area (Å²) in [7, 11) is 0. The number of hydrogen-bond acceptors (Lipinski definition) is 3. The summed E-state index contributed by atoms with van der Waals surface area (Å²) >= 11 is 0. The van der Waals surface area contributed by atoms with E-state index in [0.717, 1.165) is 25.8 Å². The summed E-state index contributed by atoms with van der Waals surface area (Å²) < 4.78 is 0. The Kier molecular flexibility index (Phi) is 3.72. The van der Waals surface area contributed by atoms with Gasteiger partial charge in [-0.3, -0.25) is 14.5 Å². The number of para-hydroxylation sites is 1. The fraction of sp³-hybridized carbons (Fsp3) is 0.500. The summed E-state index contributed by atoms with van der Waals surface area (Å²) in [4.78, 5) is 25.4. The van der Waals surface area contributed by atoms with Crippen LogP contribution in [0.4, 0.5) is 5.69 Å². The van der Waals surface area contributed by atoms with E-state index in [2.05, 4.69) is 17.4 Å². The average molecular weight is 272 g/mol. The Bertz CT molecular complexity index is 509. The quantitative estimate of drug-likeness (QED) is 0.860. The van der Waals surface area contributed by atoms with Gasteiger partial charge in [0.25, 0.3) is 0 Å². The minimum atomic E-state index is 0.00624. The monoisotopic (exact) mass is 272 g/mol. The van der Waals surface area contributed by atoms with Crippen molar-refractivity contribution in [2.75, 3.05) is 18.4 Å². The van der Waals surface area contributed by atoms with Gasteiger partial charge in [-0.2, -0.15) is 0 Å². The Morgan fingerprint density at radius 3 is 2.55 bits per heavy atom. The molecule has 0 radical (unpaired) electrons. The van der Waals surface area contributed by atoms with Crippen LogP contribution in [0.15, 0.2) is 24.3 Å². The highest BCUT2D eigenvalue weighted by Gasteiger charge is 2.27. The molecule has 1 saturated heterocycles. The van der Waals surface area contributed by atoms with Gasteiger partial charge in [-0.15, -0.1) is 0 Å². The summed E-state index contributed by atoms with van der Waals surface area (Å²) in [5.74, 6) is 0.411. The van der Waals surface area contributed by atoms with E-state index in [4.69, 9.17) is 0 Å². The lowest BCUT2D eigenvalue weighted by Crippen LogP contribution is -2.36. The summed E-state index contributed by atoms with van der Waals surface area (Å²) in [5.41, 5.74) is 2.49. The lowest BCUT2D eigenvalue weighted by molar-refractivity contribution is -0.143. The molecule has 4 heteroatoms. The maximum atomic E-state index is 12.0. The number of rotatable bonds is 3. The van der Waals surface area contributed by atoms with Gasteiger partial charge in [0.05, 0.1) is 0 Å². The van der Waals surface area contributed by atoms with E-state index in [-0.39, 0.29) is 11.8 Å². The highest BCUT2D eigenvalue weighted by molar-refractivity contribution is 5.96. The Balaban J connectivity index is 1.65. The number of benzene rings is 1. The topological polar surface area (TPSA) is 49.4 Å². The molecule has 2 aliphatic heterocycles. The second-order valence-electron chi connectivity index (χ2n) is 5.60. The number of imide groups is 1. The summed E-state index contributed by atoms with van der Waals surface area (Å²) in [6, 6.07) is 8.28. The highest BCUT2D eigenvalue weighted by atomic mass is 16.2. The van der Waals surface area contributed by atoms with Crippen molar-refractivity contribution in [3.8, 4) is 0 Å². The van der Waals surface area contributed by atoms with Crippen molar-refractivity contribution >= 4 is 17.5 Å². The first-order valence-corrected chi connectivity index (χ1v) is 7.41. The molecule has 1 atom stereocenters. The zero-order chi connectivity index (χ0) is 13.9. The number of carbonyl (C=O) groups excluding carboxylic acids is 2. The minimum absolute atomic E-state index is 0.00624. The van der Waals surface area contributed by atoms with Crippen LogP contribution < -0.4 is 5.32 Å². The van der Waals surface area contributed by atoms with Crippen LogP contribution in [0.2, 0.25) is 0 Å². The molecule has 0 saturated carbocycles. The van der Waals surface area contributed by atoms with Crippen molar-refractivity contribution in [1.29, 1.82) is 0 Å². The van der Waals surface area contributed by atoms with Crippen LogP contribution in [0.1, 0.15) is 43.6 Å². The number of hydrogen-bond donors (Lipinski definition) is 1. The molecule has 0 aliphatic carbocycles. The molecule has 106 valence electrons. The van der Waals surface area contributed by atoms with E-state index < -0.39 is 0 Å². The Morgan fingerprint density at radius 1 is 1.10 bits per heavy atom. The van der Waals surface area contributed by atoms with Crippen molar-refractivity contribution in [1.82, 2.24) is 4.90 Å². The van der Waals surface area contributed by atoms with Crippen molar-refractivity contribution in [2.24, 2.45) is 0 Å². The van der Waals surface area contributed by atoms with Gasteiger partial charge in [0.2, 0.25) is 11.8 Å². The Hall–Kier alpha value is -1.84. The van der Waals surface area contributed by atoms with Crippen molar-refractivity contribution < 1.29 is 9.59 Å². The lowest BCUT2D eigenvalue weighted by Gasteiger charge is -2.20. The van der Waals surface area contributed by atoms with E-state index >= 15 is 0 Å². The SMILES string of the molecule is O=C1CCCCC(=O)N1CCC1CNc2ccccc21. The van der Waals surface area contributed by atoms with Crippen LogP contribution in [0.25, 0.3) is 0 Å². The minimum Gasteiger partial charge on any atom is -0.384 e. The third kappa shape index (κ3) is 2.55. The number of likely N-dealkylation sites (tertiary alicyclic amines) is 1. The third-order valence-corrected chi connectivity index (χ3v) is 4.27. The van der Waals surface area contributed by atoms with Crippen LogP contribution in [-0.4, -0.2) is 29.8 Å². The first-order valence-electron chi connectivity index (χ1n) is 7.41. The van der Waals surface area contributed by atoms with E-state index in [1.807, 2.05) is 12.1 Å². The molecule has 1 aromatic rings. The molecule has 1 N–H and O–H groups in total. The standard InChI is InChI=1S/C16H20N2O2/c19-15-7-3-4-8-16(20)18(15)10-9-12-11-17-14-6-2-1-5-13(12)14/h1-2,5-6,12,17H,3-4,7-11H2. The van der Waals surface area contributed by atoms with Crippen molar-refractivity contribution in [3.63, 3.8) is 0 Å². The first kappa shape index (κ1) is 13.2. The molecule has 0 aromatic heterocycles. The van der Waals surface area contributed by atoms with Crippen LogP contribution in [0, 0.1) is 0 Å². The molecule has 3 rings (SSSR count). The number of nitrogens with zero attached hydrogens (tertiary/aromatic N) is 1. The molecule has 20 heavy (non-hydrogen) atoms. The molecule has 1 aromatic carbocycles. The highest BCUT2D eigenvalue weighted by Crippen LogP contribution is 2.33. The average Bonchev–Trinajstić information content (AvgIpc) is 2.80. The summed E-state index contributed by atoms with van der Waals surface area (Å²) in [6.07, 6.45) is 3.57. The van der Waals surface area contributed by atoms with Gasteiger partial charge in [0.1, 0.15) is 0 Å². The molecular formula is C16H20N2O2. The number of amides is 2. The zero-order valence-corrected chi connectivity index (χ0v) is 11.6. The lowest BCUT2D eigenvalue weighted by atomic mass is 9.97.